The van der Waals surface area contributed by atoms with Crippen molar-refractivity contribution in [2.75, 3.05) is 5.32 Å². The summed E-state index contributed by atoms with van der Waals surface area (Å²) in [6.07, 6.45) is 6.86. The second-order valence-corrected chi connectivity index (χ2v) is 5.55. The van der Waals surface area contributed by atoms with Crippen molar-refractivity contribution in [1.82, 2.24) is 19.5 Å². The number of rotatable bonds is 2. The Labute approximate surface area is 132 Å². The minimum atomic E-state index is 0.178. The molecule has 0 aliphatic carbocycles. The van der Waals surface area contributed by atoms with E-state index in [9.17, 15) is 0 Å². The molecular weight excluding hydrogens is 290 g/mol. The van der Waals surface area contributed by atoms with Crippen LogP contribution in [0.5, 0.6) is 0 Å². The predicted molar refractivity (Wildman–Crippen MR) is 85.0 cm³/mol. The molecule has 1 aliphatic heterocycles. The first-order chi connectivity index (χ1) is 11.3. The number of hydrogen-bond donors (Lipinski definition) is 2. The fraction of sp³-hybridized carbons (Fsp3) is 0.250. The van der Waals surface area contributed by atoms with Crippen LogP contribution in [0.2, 0.25) is 0 Å². The van der Waals surface area contributed by atoms with Gasteiger partial charge in [-0.25, -0.2) is 9.83 Å². The number of aromatic amines is 1. The Balaban J connectivity index is 1.66. The van der Waals surface area contributed by atoms with Crippen molar-refractivity contribution in [3.8, 4) is 6.07 Å². The Morgan fingerprint density at radius 3 is 3.26 bits per heavy atom. The lowest BCUT2D eigenvalue weighted by Crippen LogP contribution is -2.30. The summed E-state index contributed by atoms with van der Waals surface area (Å²) < 4.78 is 2.03. The van der Waals surface area contributed by atoms with E-state index in [-0.39, 0.29) is 6.04 Å². The van der Waals surface area contributed by atoms with Crippen molar-refractivity contribution in [3.63, 3.8) is 0 Å². The third-order valence-corrected chi connectivity index (χ3v) is 4.16. The molecule has 3 aromatic heterocycles. The quantitative estimate of drug-likeness (QED) is 0.712. The Morgan fingerprint density at radius 2 is 2.43 bits per heavy atom. The lowest BCUT2D eigenvalue weighted by atomic mass is 10.1. The minimum Gasteiger partial charge on any atom is -0.390 e. The minimum absolute atomic E-state index is 0.178. The molecule has 0 bridgehead atoms. The first-order valence-corrected chi connectivity index (χ1v) is 7.34. The highest BCUT2D eigenvalue weighted by molar-refractivity contribution is 5.96. The number of pyridine rings is 1. The van der Waals surface area contributed by atoms with E-state index in [0.29, 0.717) is 11.4 Å². The number of nitrogens with zero attached hydrogens (tertiary/aromatic N) is 5. The molecule has 0 spiro atoms. The number of fused-ring (bicyclic) bond motifs is 2. The number of imidazole rings is 1. The molecule has 4 rings (SSSR count). The molecular formula is C16H13N7. The van der Waals surface area contributed by atoms with Gasteiger partial charge in [-0.1, -0.05) is 0 Å². The molecule has 0 radical (unpaired) electrons. The van der Waals surface area contributed by atoms with Crippen LogP contribution in [0, 0.1) is 17.9 Å². The second-order valence-electron chi connectivity index (χ2n) is 5.55. The van der Waals surface area contributed by atoms with Crippen LogP contribution in [-0.4, -0.2) is 25.6 Å². The summed E-state index contributed by atoms with van der Waals surface area (Å²) >= 11 is 0. The average molecular weight is 303 g/mol. The zero-order chi connectivity index (χ0) is 15.8. The Bertz CT molecular complexity index is 967. The molecule has 0 saturated heterocycles. The highest BCUT2D eigenvalue weighted by Gasteiger charge is 2.22. The van der Waals surface area contributed by atoms with Crippen molar-refractivity contribution >= 4 is 22.4 Å². The molecule has 1 atom stereocenters. The molecule has 112 valence electrons. The number of nitrogens with one attached hydrogen (secondary N) is 2. The Kier molecular flexibility index (Phi) is 2.99. The smallest absolute Gasteiger partial charge is 0.228 e. The molecule has 7 nitrogen and oxygen atoms in total. The van der Waals surface area contributed by atoms with E-state index in [1.807, 2.05) is 16.8 Å². The summed E-state index contributed by atoms with van der Waals surface area (Å²) in [5.41, 5.74) is 2.56. The van der Waals surface area contributed by atoms with Crippen LogP contribution in [0.25, 0.3) is 15.9 Å². The number of aromatic nitrogens is 4. The molecule has 1 aliphatic rings. The van der Waals surface area contributed by atoms with Crippen LogP contribution in [0.1, 0.15) is 17.9 Å². The topological polar surface area (TPSA) is 86.7 Å². The highest BCUT2D eigenvalue weighted by Crippen LogP contribution is 2.33. The van der Waals surface area contributed by atoms with E-state index in [2.05, 4.69) is 31.2 Å². The van der Waals surface area contributed by atoms with Gasteiger partial charge in [-0.15, -0.1) is 0 Å². The molecule has 23 heavy (non-hydrogen) atoms. The lowest BCUT2D eigenvalue weighted by Gasteiger charge is -2.26. The van der Waals surface area contributed by atoms with Crippen LogP contribution in [0.15, 0.2) is 24.7 Å². The zero-order valence-corrected chi connectivity index (χ0v) is 12.2. The fourth-order valence-corrected chi connectivity index (χ4v) is 3.04. The largest absolute Gasteiger partial charge is 0.390 e. The van der Waals surface area contributed by atoms with Crippen LogP contribution < -0.4 is 5.32 Å². The molecule has 3 aromatic rings. The summed E-state index contributed by atoms with van der Waals surface area (Å²) in [5.74, 6) is 0.911. The first kappa shape index (κ1) is 13.4. The summed E-state index contributed by atoms with van der Waals surface area (Å²) in [6.45, 7) is 8.17. The predicted octanol–water partition coefficient (Wildman–Crippen LogP) is 2.61. The van der Waals surface area contributed by atoms with E-state index < -0.39 is 0 Å². The SMILES string of the molecule is [C-]#[N+]c1cnc2[nH]ccc2c1NC1CCn2cc(C#N)nc2C1. The van der Waals surface area contributed by atoms with Gasteiger partial charge in [0.1, 0.15) is 17.5 Å². The van der Waals surface area contributed by atoms with Crippen molar-refractivity contribution in [2.24, 2.45) is 0 Å². The standard InChI is InChI=1S/C16H13N7/c1-18-13-8-20-16-12(2-4-19-16)15(13)22-10-3-5-23-9-11(7-17)21-14(23)6-10/h2,4,8-10H,3,5-6H2,(H2,19,20,22). The first-order valence-electron chi connectivity index (χ1n) is 7.34. The molecule has 0 fully saturated rings. The van der Waals surface area contributed by atoms with Crippen LogP contribution in [0.3, 0.4) is 0 Å². The van der Waals surface area contributed by atoms with Crippen molar-refractivity contribution < 1.29 is 0 Å². The maximum Gasteiger partial charge on any atom is 0.228 e. The van der Waals surface area contributed by atoms with Gasteiger partial charge in [0.15, 0.2) is 5.69 Å². The van der Waals surface area contributed by atoms with E-state index in [4.69, 9.17) is 11.8 Å². The maximum atomic E-state index is 8.97. The normalized spacial score (nSPS) is 16.5. The number of hydrogen-bond acceptors (Lipinski definition) is 4. The van der Waals surface area contributed by atoms with Crippen molar-refractivity contribution in [2.45, 2.75) is 25.4 Å². The second kappa shape index (κ2) is 5.15. The van der Waals surface area contributed by atoms with Gasteiger partial charge in [0.2, 0.25) is 5.69 Å². The molecule has 4 heterocycles. The van der Waals surface area contributed by atoms with Gasteiger partial charge >= 0.3 is 0 Å². The number of nitriles is 1. The van der Waals surface area contributed by atoms with E-state index in [0.717, 1.165) is 41.9 Å². The summed E-state index contributed by atoms with van der Waals surface area (Å²) in [7, 11) is 0. The van der Waals surface area contributed by atoms with Crippen LogP contribution in [-0.2, 0) is 13.0 Å². The molecule has 2 N–H and O–H groups in total. The maximum absolute atomic E-state index is 8.97. The summed E-state index contributed by atoms with van der Waals surface area (Å²) in [4.78, 5) is 15.2. The summed E-state index contributed by atoms with van der Waals surface area (Å²) in [6, 6.07) is 4.19. The number of anilines is 1. The third kappa shape index (κ3) is 2.19. The third-order valence-electron chi connectivity index (χ3n) is 4.16. The number of H-pyrrole nitrogens is 1. The molecule has 7 heteroatoms. The molecule has 0 aromatic carbocycles. The van der Waals surface area contributed by atoms with Gasteiger partial charge in [0, 0.05) is 43.0 Å². The zero-order valence-electron chi connectivity index (χ0n) is 12.2. The number of aryl methyl sites for hydroxylation is 1. The van der Waals surface area contributed by atoms with E-state index in [1.165, 1.54) is 0 Å². The van der Waals surface area contributed by atoms with Crippen LogP contribution in [0.4, 0.5) is 11.4 Å². The van der Waals surface area contributed by atoms with Gasteiger partial charge in [-0.2, -0.15) is 5.26 Å². The van der Waals surface area contributed by atoms with Gasteiger partial charge in [0.25, 0.3) is 0 Å². The monoisotopic (exact) mass is 303 g/mol. The molecule has 0 amide bonds. The molecule has 0 saturated carbocycles. The van der Waals surface area contributed by atoms with Gasteiger partial charge < -0.3 is 14.9 Å². The van der Waals surface area contributed by atoms with Gasteiger partial charge in [-0.3, -0.25) is 4.98 Å². The Hall–Kier alpha value is -3.32. The van der Waals surface area contributed by atoms with Crippen LogP contribution >= 0.6 is 0 Å². The highest BCUT2D eigenvalue weighted by atomic mass is 15.1. The van der Waals surface area contributed by atoms with Crippen molar-refractivity contribution in [1.29, 1.82) is 5.26 Å². The molecule has 1 unspecified atom stereocenters. The van der Waals surface area contributed by atoms with Crippen molar-refractivity contribution in [3.05, 3.63) is 47.6 Å². The van der Waals surface area contributed by atoms with Gasteiger partial charge in [0.05, 0.1) is 12.3 Å². The van der Waals surface area contributed by atoms with Gasteiger partial charge in [-0.05, 0) is 12.5 Å². The van der Waals surface area contributed by atoms with E-state index in [1.54, 1.807) is 12.4 Å². The van der Waals surface area contributed by atoms with E-state index >= 15 is 0 Å². The fourth-order valence-electron chi connectivity index (χ4n) is 3.04. The lowest BCUT2D eigenvalue weighted by molar-refractivity contribution is 0.484. The average Bonchev–Trinajstić information content (AvgIpc) is 3.20. The Morgan fingerprint density at radius 1 is 1.52 bits per heavy atom. The summed E-state index contributed by atoms with van der Waals surface area (Å²) in [5, 5.41) is 13.4.